The highest BCUT2D eigenvalue weighted by Gasteiger charge is 2.18. The minimum Gasteiger partial charge on any atom is -0.508 e. The van der Waals surface area contributed by atoms with Gasteiger partial charge in [-0.3, -0.25) is 25.3 Å². The second kappa shape index (κ2) is 13.5. The van der Waals surface area contributed by atoms with E-state index in [4.69, 9.17) is 17.3 Å². The first-order chi connectivity index (χ1) is 18.8. The molecular formula is C27H26N6O5S. The van der Waals surface area contributed by atoms with Crippen molar-refractivity contribution in [3.05, 3.63) is 94.1 Å². The van der Waals surface area contributed by atoms with E-state index < -0.39 is 17.1 Å². The van der Waals surface area contributed by atoms with Gasteiger partial charge >= 0.3 is 6.03 Å². The van der Waals surface area contributed by atoms with Gasteiger partial charge in [-0.1, -0.05) is 19.9 Å². The Morgan fingerprint density at radius 3 is 2.13 bits per heavy atom. The molecule has 0 aliphatic rings. The molecule has 3 aromatic rings. The van der Waals surface area contributed by atoms with Gasteiger partial charge in [0.15, 0.2) is 11.4 Å². The van der Waals surface area contributed by atoms with Crippen molar-refractivity contribution < 1.29 is 23.1 Å². The van der Waals surface area contributed by atoms with Gasteiger partial charge < -0.3 is 19.9 Å². The molecule has 5 N–H and O–H groups in total. The van der Waals surface area contributed by atoms with Gasteiger partial charge in [0.1, 0.15) is 11.5 Å². The number of hydrazine groups is 1. The molecule has 12 heteroatoms. The Balaban J connectivity index is 1.65. The lowest BCUT2D eigenvalue weighted by Crippen LogP contribution is -2.44. The largest absolute Gasteiger partial charge is 0.508 e. The van der Waals surface area contributed by atoms with Crippen LogP contribution in [0.25, 0.3) is 9.69 Å². The van der Waals surface area contributed by atoms with Crippen molar-refractivity contribution in [2.75, 3.05) is 12.1 Å². The van der Waals surface area contributed by atoms with Crippen LogP contribution in [0.1, 0.15) is 35.3 Å². The van der Waals surface area contributed by atoms with Gasteiger partial charge in [-0.2, -0.15) is 0 Å². The van der Waals surface area contributed by atoms with E-state index in [1.165, 1.54) is 36.4 Å². The summed E-state index contributed by atoms with van der Waals surface area (Å²) in [5.41, 5.74) is 7.51. The lowest BCUT2D eigenvalue weighted by molar-refractivity contribution is 0.0951. The van der Waals surface area contributed by atoms with Gasteiger partial charge in [0, 0.05) is 5.56 Å². The lowest BCUT2D eigenvalue weighted by atomic mass is 10.0. The van der Waals surface area contributed by atoms with Gasteiger partial charge in [-0.15, -0.1) is 0 Å². The molecule has 200 valence electrons. The fraction of sp³-hybridized carbons (Fsp3) is 0.185. The molecule has 0 fully saturated rings. The molecule has 0 aliphatic carbocycles. The number of phenols is 1. The highest BCUT2D eigenvalue weighted by atomic mass is 32.2. The zero-order chi connectivity index (χ0) is 28.4. The average Bonchev–Trinajstić information content (AvgIpc) is 2.96. The topological polar surface area (TPSA) is 138 Å². The van der Waals surface area contributed by atoms with Crippen LogP contribution < -0.4 is 25.7 Å². The van der Waals surface area contributed by atoms with E-state index in [0.29, 0.717) is 5.56 Å². The SMILES string of the molecule is [C-]#[N+]c1cc(NNC(=O)NCNC(=O)c2cc(CC)cc(CC)c2)c(S(=O)Oc2ccc(O)cc2)cc1[N+]#[C-]. The number of amides is 3. The summed E-state index contributed by atoms with van der Waals surface area (Å²) in [4.78, 5) is 31.5. The standard InChI is InChI=1S/C27H26N6O5S/c1-5-17-11-18(6-2)13-19(12-17)26(35)30-16-31-27(36)33-32-24-14-22(28-3)23(29-4)15-25(24)39(37)38-21-9-7-20(34)8-10-21/h7-15,32,34H,5-6,16H2,1-2H3,(H,30,35)(H2,31,33,36). The summed E-state index contributed by atoms with van der Waals surface area (Å²) < 4.78 is 18.3. The van der Waals surface area contributed by atoms with E-state index in [0.717, 1.165) is 24.0 Å². The van der Waals surface area contributed by atoms with Gasteiger partial charge in [0.2, 0.25) is 11.1 Å². The van der Waals surface area contributed by atoms with Crippen LogP contribution in [0.5, 0.6) is 11.5 Å². The maximum absolute atomic E-state index is 12.9. The summed E-state index contributed by atoms with van der Waals surface area (Å²) in [6.07, 6.45) is 1.58. The fourth-order valence-electron chi connectivity index (χ4n) is 3.38. The number of benzene rings is 3. The predicted molar refractivity (Wildman–Crippen MR) is 147 cm³/mol. The molecule has 0 saturated heterocycles. The fourth-order valence-corrected chi connectivity index (χ4v) is 4.26. The minimum atomic E-state index is -2.15. The summed E-state index contributed by atoms with van der Waals surface area (Å²) in [6.45, 7) is 18.5. The second-order valence-electron chi connectivity index (χ2n) is 8.06. The monoisotopic (exact) mass is 546 g/mol. The summed E-state index contributed by atoms with van der Waals surface area (Å²) in [6, 6.07) is 13.0. The summed E-state index contributed by atoms with van der Waals surface area (Å²) in [5, 5.41) is 14.5. The Kier molecular flexibility index (Phi) is 9.84. The number of aromatic hydroxyl groups is 1. The van der Waals surface area contributed by atoms with E-state index >= 15 is 0 Å². The second-order valence-corrected chi connectivity index (χ2v) is 9.13. The van der Waals surface area contributed by atoms with Gasteiger partial charge in [0.25, 0.3) is 5.91 Å². The number of rotatable bonds is 10. The molecule has 0 radical (unpaired) electrons. The molecule has 1 atom stereocenters. The highest BCUT2D eigenvalue weighted by molar-refractivity contribution is 7.80. The average molecular weight is 547 g/mol. The van der Waals surface area contributed by atoms with Crippen LogP contribution >= 0.6 is 0 Å². The molecule has 0 saturated carbocycles. The van der Waals surface area contributed by atoms with Gasteiger partial charge in [-0.05, 0) is 72.5 Å². The summed E-state index contributed by atoms with van der Waals surface area (Å²) in [5.74, 6) is -0.153. The van der Waals surface area contributed by atoms with Crippen LogP contribution in [0, 0.1) is 13.1 Å². The van der Waals surface area contributed by atoms with Gasteiger partial charge in [-0.25, -0.2) is 9.00 Å². The molecular weight excluding hydrogens is 520 g/mol. The first kappa shape index (κ1) is 28.5. The molecule has 0 aromatic heterocycles. The molecule has 3 amide bonds. The predicted octanol–water partition coefficient (Wildman–Crippen LogP) is 4.73. The first-order valence-electron chi connectivity index (χ1n) is 11.8. The van der Waals surface area contributed by atoms with Crippen LogP contribution in [0.4, 0.5) is 21.9 Å². The quantitative estimate of drug-likeness (QED) is 0.142. The molecule has 0 aliphatic heterocycles. The Labute approximate surface area is 228 Å². The zero-order valence-electron chi connectivity index (χ0n) is 21.2. The number of hydrogen-bond acceptors (Lipinski definition) is 6. The van der Waals surface area contributed by atoms with Crippen molar-refractivity contribution in [3.8, 4) is 11.5 Å². The summed E-state index contributed by atoms with van der Waals surface area (Å²) >= 11 is -2.15. The van der Waals surface area contributed by atoms with E-state index in [1.807, 2.05) is 13.8 Å². The maximum atomic E-state index is 12.9. The number of hydrogen-bond donors (Lipinski definition) is 5. The molecule has 0 heterocycles. The van der Waals surface area contributed by atoms with Crippen LogP contribution in [0.15, 0.2) is 59.5 Å². The molecule has 39 heavy (non-hydrogen) atoms. The number of carbonyl (C=O) groups is 2. The molecule has 1 unspecified atom stereocenters. The number of urea groups is 1. The summed E-state index contributed by atoms with van der Waals surface area (Å²) in [7, 11) is 0. The Morgan fingerprint density at radius 2 is 1.54 bits per heavy atom. The number of phenolic OH excluding ortho intramolecular Hbond substituents is 1. The van der Waals surface area contributed by atoms with Crippen molar-refractivity contribution in [2.45, 2.75) is 31.6 Å². The molecule has 11 nitrogen and oxygen atoms in total. The van der Waals surface area contributed by atoms with Crippen LogP contribution in [0.2, 0.25) is 0 Å². The Hall–Kier alpha value is -5.07. The normalized spacial score (nSPS) is 10.9. The first-order valence-corrected chi connectivity index (χ1v) is 12.9. The third-order valence-electron chi connectivity index (χ3n) is 5.45. The molecule has 0 spiro atoms. The third kappa shape index (κ3) is 7.71. The Bertz CT molecular complexity index is 1460. The van der Waals surface area contributed by atoms with Crippen molar-refractivity contribution in [1.29, 1.82) is 0 Å². The lowest BCUT2D eigenvalue weighted by Gasteiger charge is -2.15. The minimum absolute atomic E-state index is 0.00113. The highest BCUT2D eigenvalue weighted by Crippen LogP contribution is 2.36. The Morgan fingerprint density at radius 1 is 0.923 bits per heavy atom. The van der Waals surface area contributed by atoms with Crippen LogP contribution in [-0.4, -0.2) is 27.9 Å². The number of nitrogens with zero attached hydrogens (tertiary/aromatic N) is 2. The number of aryl methyl sites for hydroxylation is 2. The molecule has 3 aromatic carbocycles. The van der Waals surface area contributed by atoms with E-state index in [-0.39, 0.29) is 46.0 Å². The molecule has 0 bridgehead atoms. The maximum Gasteiger partial charge on any atom is 0.334 e. The number of carbonyl (C=O) groups excluding carboxylic acids is 2. The van der Waals surface area contributed by atoms with Crippen molar-refractivity contribution in [1.82, 2.24) is 16.1 Å². The van der Waals surface area contributed by atoms with Crippen molar-refractivity contribution in [3.63, 3.8) is 0 Å². The number of nitrogens with one attached hydrogen (secondary N) is 4. The van der Waals surface area contributed by atoms with E-state index in [1.54, 1.807) is 12.1 Å². The van der Waals surface area contributed by atoms with Crippen molar-refractivity contribution >= 4 is 40.1 Å². The van der Waals surface area contributed by atoms with E-state index in [9.17, 15) is 18.9 Å². The zero-order valence-corrected chi connectivity index (χ0v) is 22.0. The third-order valence-corrected chi connectivity index (χ3v) is 6.49. The molecule has 3 rings (SSSR count). The van der Waals surface area contributed by atoms with Crippen LogP contribution in [-0.2, 0) is 23.9 Å². The smallest absolute Gasteiger partial charge is 0.334 e. The number of anilines is 1. The van der Waals surface area contributed by atoms with Crippen molar-refractivity contribution in [2.24, 2.45) is 0 Å². The van der Waals surface area contributed by atoms with E-state index in [2.05, 4.69) is 37.2 Å². The van der Waals surface area contributed by atoms with Crippen LogP contribution in [0.3, 0.4) is 0 Å². The van der Waals surface area contributed by atoms with Gasteiger partial charge in [0.05, 0.1) is 30.4 Å².